The molecule has 0 radical (unpaired) electrons. The van der Waals surface area contributed by atoms with Crippen molar-refractivity contribution in [3.05, 3.63) is 59.3 Å². The number of ether oxygens (including phenoxy) is 1. The third-order valence-corrected chi connectivity index (χ3v) is 4.27. The highest BCUT2D eigenvalue weighted by Gasteiger charge is 2.17. The Morgan fingerprint density at radius 3 is 2.50 bits per heavy atom. The van der Waals surface area contributed by atoms with E-state index in [0.29, 0.717) is 12.3 Å². The van der Waals surface area contributed by atoms with Crippen LogP contribution in [-0.4, -0.2) is 27.9 Å². The van der Waals surface area contributed by atoms with Gasteiger partial charge in [-0.05, 0) is 48.4 Å². The third kappa shape index (κ3) is 2.93. The summed E-state index contributed by atoms with van der Waals surface area (Å²) in [6.45, 7) is 2.54. The number of phenolic OH excluding ortho intramolecular Hbond substituents is 1. The largest absolute Gasteiger partial charge is 0.508 e. The Labute approximate surface area is 139 Å². The minimum absolute atomic E-state index is 0.0297. The average Bonchev–Trinajstić information content (AvgIpc) is 2.81. The number of phenols is 1. The highest BCUT2D eigenvalue weighted by molar-refractivity contribution is 5.90. The maximum atomic E-state index is 11.3. The number of hydrogen-bond donors (Lipinski definition) is 2. The van der Waals surface area contributed by atoms with Gasteiger partial charge in [0.1, 0.15) is 11.5 Å². The molecule has 0 spiro atoms. The van der Waals surface area contributed by atoms with Crippen LogP contribution in [-0.2, 0) is 17.8 Å². The molecule has 0 fully saturated rings. The van der Waals surface area contributed by atoms with Crippen LogP contribution in [0.4, 0.5) is 0 Å². The molecule has 3 rings (SSSR count). The summed E-state index contributed by atoms with van der Waals surface area (Å²) >= 11 is 0. The van der Waals surface area contributed by atoms with Crippen LogP contribution in [0.15, 0.2) is 42.5 Å². The molecule has 124 valence electrons. The second kappa shape index (κ2) is 6.28. The highest BCUT2D eigenvalue weighted by Crippen LogP contribution is 2.30. The van der Waals surface area contributed by atoms with Gasteiger partial charge in [-0.3, -0.25) is 4.79 Å². The molecule has 0 aliphatic rings. The van der Waals surface area contributed by atoms with Crippen LogP contribution in [0.2, 0.25) is 0 Å². The molecule has 5 nitrogen and oxygen atoms in total. The monoisotopic (exact) mass is 325 g/mol. The molecular formula is C19H19NO4. The van der Waals surface area contributed by atoms with Crippen molar-refractivity contribution in [2.75, 3.05) is 7.11 Å². The van der Waals surface area contributed by atoms with Crippen LogP contribution in [0, 0.1) is 6.92 Å². The smallest absolute Gasteiger partial charge is 0.307 e. The number of nitrogens with zero attached hydrogens (tertiary/aromatic N) is 1. The summed E-state index contributed by atoms with van der Waals surface area (Å²) in [5.74, 6) is 0.0738. The highest BCUT2D eigenvalue weighted by atomic mass is 16.5. The summed E-state index contributed by atoms with van der Waals surface area (Å²) in [4.78, 5) is 11.3. The van der Waals surface area contributed by atoms with E-state index in [1.807, 2.05) is 37.3 Å². The van der Waals surface area contributed by atoms with E-state index >= 15 is 0 Å². The van der Waals surface area contributed by atoms with Crippen molar-refractivity contribution >= 4 is 16.9 Å². The lowest BCUT2D eigenvalue weighted by Crippen LogP contribution is -2.05. The maximum Gasteiger partial charge on any atom is 0.307 e. The molecular weight excluding hydrogens is 306 g/mol. The number of carboxylic acid groups (broad SMARTS) is 1. The predicted octanol–water partition coefficient (Wildman–Crippen LogP) is 3.34. The lowest BCUT2D eigenvalue weighted by molar-refractivity contribution is -0.136. The lowest BCUT2D eigenvalue weighted by Gasteiger charge is -2.09. The Morgan fingerprint density at radius 1 is 1.17 bits per heavy atom. The number of aromatic hydroxyl groups is 1. The fraction of sp³-hybridized carbons (Fsp3) is 0.211. The quantitative estimate of drug-likeness (QED) is 0.755. The van der Waals surface area contributed by atoms with E-state index < -0.39 is 5.97 Å². The molecule has 1 aromatic heterocycles. The van der Waals surface area contributed by atoms with E-state index in [1.54, 1.807) is 19.2 Å². The van der Waals surface area contributed by atoms with Crippen molar-refractivity contribution in [2.45, 2.75) is 19.9 Å². The Kier molecular flexibility index (Phi) is 4.16. The number of aliphatic carboxylic acids is 1. The maximum absolute atomic E-state index is 11.3. The number of fused-ring (bicyclic) bond motifs is 1. The molecule has 2 N–H and O–H groups in total. The lowest BCUT2D eigenvalue weighted by atomic mass is 10.1. The van der Waals surface area contributed by atoms with Crippen LogP contribution >= 0.6 is 0 Å². The SMILES string of the molecule is COc1ccc2c(c1)c(CC(=O)O)c(C)n2Cc1ccc(O)cc1. The van der Waals surface area contributed by atoms with Gasteiger partial charge in [-0.2, -0.15) is 0 Å². The zero-order valence-corrected chi connectivity index (χ0v) is 13.6. The van der Waals surface area contributed by atoms with Crippen molar-refractivity contribution in [3.8, 4) is 11.5 Å². The number of carbonyl (C=O) groups is 1. The average molecular weight is 325 g/mol. The first kappa shape index (κ1) is 15.9. The zero-order chi connectivity index (χ0) is 17.3. The van der Waals surface area contributed by atoms with Gasteiger partial charge in [0, 0.05) is 23.1 Å². The molecule has 5 heteroatoms. The Bertz CT molecular complexity index is 894. The van der Waals surface area contributed by atoms with Crippen LogP contribution in [0.1, 0.15) is 16.8 Å². The molecule has 3 aromatic rings. The fourth-order valence-corrected chi connectivity index (χ4v) is 3.02. The first-order valence-corrected chi connectivity index (χ1v) is 7.65. The van der Waals surface area contributed by atoms with Gasteiger partial charge in [0.25, 0.3) is 0 Å². The minimum atomic E-state index is -0.857. The minimum Gasteiger partial charge on any atom is -0.508 e. The van der Waals surface area contributed by atoms with Gasteiger partial charge in [0.05, 0.1) is 13.5 Å². The van der Waals surface area contributed by atoms with Crippen LogP contribution in [0.3, 0.4) is 0 Å². The van der Waals surface area contributed by atoms with Crippen LogP contribution in [0.25, 0.3) is 10.9 Å². The summed E-state index contributed by atoms with van der Waals surface area (Å²) < 4.78 is 7.38. The van der Waals surface area contributed by atoms with Crippen molar-refractivity contribution < 1.29 is 19.7 Å². The van der Waals surface area contributed by atoms with Crippen molar-refractivity contribution in [3.63, 3.8) is 0 Å². The zero-order valence-electron chi connectivity index (χ0n) is 13.6. The number of aromatic nitrogens is 1. The number of carboxylic acids is 1. The molecule has 0 aliphatic carbocycles. The topological polar surface area (TPSA) is 71.7 Å². The molecule has 0 unspecified atom stereocenters. The third-order valence-electron chi connectivity index (χ3n) is 4.27. The number of hydrogen-bond acceptors (Lipinski definition) is 3. The van der Waals surface area contributed by atoms with E-state index in [0.717, 1.165) is 27.7 Å². The van der Waals surface area contributed by atoms with Crippen molar-refractivity contribution in [1.82, 2.24) is 4.57 Å². The molecule has 0 saturated carbocycles. The Hall–Kier alpha value is -2.95. The number of rotatable bonds is 5. The molecule has 0 amide bonds. The second-order valence-electron chi connectivity index (χ2n) is 5.77. The van der Waals surface area contributed by atoms with Gasteiger partial charge in [-0.25, -0.2) is 0 Å². The summed E-state index contributed by atoms with van der Waals surface area (Å²) in [5, 5.41) is 19.6. The van der Waals surface area contributed by atoms with E-state index in [4.69, 9.17) is 4.74 Å². The summed E-state index contributed by atoms with van der Waals surface area (Å²) in [7, 11) is 1.60. The van der Waals surface area contributed by atoms with Gasteiger partial charge in [0.15, 0.2) is 0 Å². The molecule has 0 bridgehead atoms. The molecule has 0 saturated heterocycles. The van der Waals surface area contributed by atoms with E-state index in [-0.39, 0.29) is 12.2 Å². The van der Waals surface area contributed by atoms with Gasteiger partial charge < -0.3 is 19.5 Å². The second-order valence-corrected chi connectivity index (χ2v) is 5.77. The van der Waals surface area contributed by atoms with Gasteiger partial charge in [-0.15, -0.1) is 0 Å². The molecule has 1 heterocycles. The van der Waals surface area contributed by atoms with Crippen LogP contribution < -0.4 is 4.74 Å². The number of methoxy groups -OCH3 is 1. The van der Waals surface area contributed by atoms with E-state index in [9.17, 15) is 15.0 Å². The molecule has 24 heavy (non-hydrogen) atoms. The first-order chi connectivity index (χ1) is 11.5. The molecule has 0 aliphatic heterocycles. The Balaban J connectivity index is 2.14. The first-order valence-electron chi connectivity index (χ1n) is 7.65. The van der Waals surface area contributed by atoms with Gasteiger partial charge in [-0.1, -0.05) is 12.1 Å². The fourth-order valence-electron chi connectivity index (χ4n) is 3.02. The van der Waals surface area contributed by atoms with E-state index in [1.165, 1.54) is 0 Å². The normalized spacial score (nSPS) is 10.9. The van der Waals surface area contributed by atoms with Crippen LogP contribution in [0.5, 0.6) is 11.5 Å². The van der Waals surface area contributed by atoms with Gasteiger partial charge >= 0.3 is 5.97 Å². The summed E-state index contributed by atoms with van der Waals surface area (Å²) in [6.07, 6.45) is -0.0297. The van der Waals surface area contributed by atoms with Crippen molar-refractivity contribution in [1.29, 1.82) is 0 Å². The number of benzene rings is 2. The molecule has 0 atom stereocenters. The Morgan fingerprint density at radius 2 is 1.88 bits per heavy atom. The van der Waals surface area contributed by atoms with Crippen molar-refractivity contribution in [2.24, 2.45) is 0 Å². The standard InChI is InChI=1S/C19H19NO4/c1-12-16(10-19(22)23)17-9-15(24-2)7-8-18(17)20(12)11-13-3-5-14(21)6-4-13/h3-9,21H,10-11H2,1-2H3,(H,22,23). The summed E-state index contributed by atoms with van der Waals surface area (Å²) in [6, 6.07) is 12.7. The molecule has 2 aromatic carbocycles. The summed E-state index contributed by atoms with van der Waals surface area (Å²) in [5.41, 5.74) is 3.73. The predicted molar refractivity (Wildman–Crippen MR) is 91.8 cm³/mol. The van der Waals surface area contributed by atoms with E-state index in [2.05, 4.69) is 4.57 Å². The van der Waals surface area contributed by atoms with Gasteiger partial charge in [0.2, 0.25) is 0 Å².